The quantitative estimate of drug-likeness (QED) is 0.846. The van der Waals surface area contributed by atoms with E-state index in [0.717, 1.165) is 38.2 Å². The highest BCUT2D eigenvalue weighted by molar-refractivity contribution is 6.00. The predicted octanol–water partition coefficient (Wildman–Crippen LogP) is 1.82. The smallest absolute Gasteiger partial charge is 0.259 e. The number of amides is 1. The molecule has 0 aromatic carbocycles. The minimum absolute atomic E-state index is 0.00657. The molecule has 3 rings (SSSR count). The summed E-state index contributed by atoms with van der Waals surface area (Å²) < 4.78 is 5.28. The lowest BCUT2D eigenvalue weighted by atomic mass is 10.1. The van der Waals surface area contributed by atoms with Gasteiger partial charge in [-0.2, -0.15) is 0 Å². The Morgan fingerprint density at radius 1 is 1.27 bits per heavy atom. The topological polar surface area (TPSA) is 62.5 Å². The highest BCUT2D eigenvalue weighted by Gasteiger charge is 2.27. The van der Waals surface area contributed by atoms with Gasteiger partial charge in [-0.3, -0.25) is 9.78 Å². The highest BCUT2D eigenvalue weighted by atomic mass is 16.5. The van der Waals surface area contributed by atoms with E-state index in [1.807, 2.05) is 17.0 Å². The van der Waals surface area contributed by atoms with Gasteiger partial charge in [-0.1, -0.05) is 5.16 Å². The Morgan fingerprint density at radius 3 is 2.91 bits per heavy atom. The largest absolute Gasteiger partial charge is 0.360 e. The van der Waals surface area contributed by atoms with E-state index < -0.39 is 0 Å². The number of carbonyl (C=O) groups excluding carboxylic acids is 1. The Bertz CT molecular complexity index is 653. The van der Waals surface area contributed by atoms with E-state index in [0.29, 0.717) is 17.0 Å². The summed E-state index contributed by atoms with van der Waals surface area (Å²) >= 11 is 0. The maximum Gasteiger partial charge on any atom is 0.259 e. The molecule has 0 unspecified atom stereocenters. The number of hydrogen-bond acceptors (Lipinski definition) is 5. The maximum absolute atomic E-state index is 12.9. The molecule has 1 aliphatic rings. The zero-order valence-corrected chi connectivity index (χ0v) is 13.0. The van der Waals surface area contributed by atoms with Crippen LogP contribution in [0.1, 0.15) is 22.5 Å². The van der Waals surface area contributed by atoms with Crippen molar-refractivity contribution in [3.63, 3.8) is 0 Å². The molecule has 2 aromatic heterocycles. The normalized spacial score (nSPS) is 16.5. The van der Waals surface area contributed by atoms with Gasteiger partial charge in [0.15, 0.2) is 0 Å². The van der Waals surface area contributed by atoms with Crippen molar-refractivity contribution in [2.75, 3.05) is 33.2 Å². The van der Waals surface area contributed by atoms with Crippen LogP contribution in [0.25, 0.3) is 11.3 Å². The number of aromatic nitrogens is 2. The number of nitrogens with zero attached hydrogens (tertiary/aromatic N) is 4. The van der Waals surface area contributed by atoms with E-state index in [9.17, 15) is 4.79 Å². The predicted molar refractivity (Wildman–Crippen MR) is 82.5 cm³/mol. The average molecular weight is 300 g/mol. The minimum atomic E-state index is -0.00657. The van der Waals surface area contributed by atoms with Crippen LogP contribution >= 0.6 is 0 Å². The molecule has 2 aromatic rings. The standard InChI is InChI=1S/C16H20N4O2/c1-12-14(15(18-22-12)13-5-3-6-17-11-13)16(21)20-8-4-7-19(2)9-10-20/h3,5-6,11H,4,7-10H2,1-2H3. The third-order valence-electron chi connectivity index (χ3n) is 4.02. The first-order valence-corrected chi connectivity index (χ1v) is 7.51. The zero-order chi connectivity index (χ0) is 15.5. The first kappa shape index (κ1) is 14.7. The summed E-state index contributed by atoms with van der Waals surface area (Å²) in [4.78, 5) is 21.2. The lowest BCUT2D eigenvalue weighted by Crippen LogP contribution is -2.34. The van der Waals surface area contributed by atoms with Crippen LogP contribution in [-0.2, 0) is 0 Å². The molecule has 6 heteroatoms. The van der Waals surface area contributed by atoms with Gasteiger partial charge in [0, 0.05) is 37.6 Å². The van der Waals surface area contributed by atoms with Gasteiger partial charge in [0.2, 0.25) is 0 Å². The van der Waals surface area contributed by atoms with Crippen LogP contribution < -0.4 is 0 Å². The molecule has 0 radical (unpaired) electrons. The van der Waals surface area contributed by atoms with Gasteiger partial charge in [-0.25, -0.2) is 0 Å². The Morgan fingerprint density at radius 2 is 2.14 bits per heavy atom. The van der Waals surface area contributed by atoms with Gasteiger partial charge in [0.05, 0.1) is 0 Å². The third kappa shape index (κ3) is 2.87. The monoisotopic (exact) mass is 300 g/mol. The highest BCUT2D eigenvalue weighted by Crippen LogP contribution is 2.26. The Kier molecular flexibility index (Phi) is 4.20. The second-order valence-electron chi connectivity index (χ2n) is 5.65. The van der Waals surface area contributed by atoms with E-state index in [2.05, 4.69) is 22.1 Å². The van der Waals surface area contributed by atoms with Crippen molar-refractivity contribution in [3.8, 4) is 11.3 Å². The number of likely N-dealkylation sites (N-methyl/N-ethyl adjacent to an activating group) is 1. The first-order chi connectivity index (χ1) is 10.7. The molecule has 116 valence electrons. The summed E-state index contributed by atoms with van der Waals surface area (Å²) in [5, 5.41) is 4.07. The molecule has 1 fully saturated rings. The SMILES string of the molecule is Cc1onc(-c2cccnc2)c1C(=O)N1CCCN(C)CC1. The molecule has 0 N–H and O–H groups in total. The number of hydrogen-bond donors (Lipinski definition) is 0. The van der Waals surface area contributed by atoms with Crippen LogP contribution in [0.3, 0.4) is 0 Å². The summed E-state index contributed by atoms with van der Waals surface area (Å²) in [6.07, 6.45) is 4.38. The van der Waals surface area contributed by atoms with Crippen LogP contribution in [0, 0.1) is 6.92 Å². The maximum atomic E-state index is 12.9. The van der Waals surface area contributed by atoms with Crippen LogP contribution in [-0.4, -0.2) is 59.1 Å². The molecule has 6 nitrogen and oxygen atoms in total. The molecule has 3 heterocycles. The summed E-state index contributed by atoms with van der Waals surface area (Å²) in [6, 6.07) is 3.71. The summed E-state index contributed by atoms with van der Waals surface area (Å²) in [6.45, 7) is 5.18. The molecule has 0 bridgehead atoms. The van der Waals surface area contributed by atoms with Crippen LogP contribution in [0.15, 0.2) is 29.0 Å². The first-order valence-electron chi connectivity index (χ1n) is 7.51. The Labute approximate surface area is 129 Å². The fraction of sp³-hybridized carbons (Fsp3) is 0.438. The van der Waals surface area contributed by atoms with Crippen LogP contribution in [0.2, 0.25) is 0 Å². The van der Waals surface area contributed by atoms with E-state index >= 15 is 0 Å². The lowest BCUT2D eigenvalue weighted by molar-refractivity contribution is 0.0761. The average Bonchev–Trinajstić information content (AvgIpc) is 2.78. The number of rotatable bonds is 2. The number of carbonyl (C=O) groups is 1. The lowest BCUT2D eigenvalue weighted by Gasteiger charge is -2.20. The molecule has 0 spiro atoms. The Balaban J connectivity index is 1.91. The van der Waals surface area contributed by atoms with Crippen LogP contribution in [0.4, 0.5) is 0 Å². The van der Waals surface area contributed by atoms with Gasteiger partial charge < -0.3 is 14.3 Å². The van der Waals surface area contributed by atoms with Crippen molar-refractivity contribution >= 4 is 5.91 Å². The van der Waals surface area contributed by atoms with Gasteiger partial charge in [-0.15, -0.1) is 0 Å². The molecule has 1 amide bonds. The number of pyridine rings is 1. The molecule has 0 atom stereocenters. The minimum Gasteiger partial charge on any atom is -0.360 e. The molecular formula is C16H20N4O2. The molecule has 0 aliphatic carbocycles. The van der Waals surface area contributed by atoms with E-state index in [4.69, 9.17) is 4.52 Å². The van der Waals surface area contributed by atoms with Gasteiger partial charge in [0.1, 0.15) is 17.0 Å². The van der Waals surface area contributed by atoms with Crippen molar-refractivity contribution in [2.45, 2.75) is 13.3 Å². The van der Waals surface area contributed by atoms with E-state index in [1.165, 1.54) is 0 Å². The summed E-state index contributed by atoms with van der Waals surface area (Å²) in [5.41, 5.74) is 1.93. The van der Waals surface area contributed by atoms with Crippen LogP contribution in [0.5, 0.6) is 0 Å². The fourth-order valence-electron chi connectivity index (χ4n) is 2.73. The van der Waals surface area contributed by atoms with Crippen molar-refractivity contribution in [1.82, 2.24) is 19.9 Å². The fourth-order valence-corrected chi connectivity index (χ4v) is 2.73. The number of aryl methyl sites for hydroxylation is 1. The molecule has 0 saturated carbocycles. The van der Waals surface area contributed by atoms with Gasteiger partial charge >= 0.3 is 0 Å². The third-order valence-corrected chi connectivity index (χ3v) is 4.02. The van der Waals surface area contributed by atoms with Crippen molar-refractivity contribution < 1.29 is 9.32 Å². The second kappa shape index (κ2) is 6.27. The van der Waals surface area contributed by atoms with E-state index in [1.54, 1.807) is 19.3 Å². The van der Waals surface area contributed by atoms with Gasteiger partial charge in [0.25, 0.3) is 5.91 Å². The summed E-state index contributed by atoms with van der Waals surface area (Å²) in [5.74, 6) is 0.550. The van der Waals surface area contributed by atoms with Crippen molar-refractivity contribution in [2.24, 2.45) is 0 Å². The van der Waals surface area contributed by atoms with Crippen molar-refractivity contribution in [1.29, 1.82) is 0 Å². The van der Waals surface area contributed by atoms with Crippen molar-refractivity contribution in [3.05, 3.63) is 35.9 Å². The van der Waals surface area contributed by atoms with Gasteiger partial charge in [-0.05, 0) is 39.1 Å². The zero-order valence-electron chi connectivity index (χ0n) is 13.0. The second-order valence-corrected chi connectivity index (χ2v) is 5.65. The Hall–Kier alpha value is -2.21. The summed E-state index contributed by atoms with van der Waals surface area (Å²) in [7, 11) is 2.08. The van der Waals surface area contributed by atoms with E-state index in [-0.39, 0.29) is 5.91 Å². The molecular weight excluding hydrogens is 280 g/mol. The molecule has 22 heavy (non-hydrogen) atoms. The molecule has 1 saturated heterocycles. The molecule has 1 aliphatic heterocycles.